The van der Waals surface area contributed by atoms with Crippen molar-refractivity contribution in [3.8, 4) is 5.69 Å². The number of amides is 1. The van der Waals surface area contributed by atoms with Crippen LogP contribution in [0.5, 0.6) is 0 Å². The number of aryl methyl sites for hydroxylation is 1. The van der Waals surface area contributed by atoms with Gasteiger partial charge in [-0.2, -0.15) is 4.68 Å². The third kappa shape index (κ3) is 4.05. The van der Waals surface area contributed by atoms with Gasteiger partial charge in [0.05, 0.1) is 10.9 Å². The molecule has 9 heteroatoms. The Kier molecular flexibility index (Phi) is 5.27. The number of aromatic nitrogens is 4. The van der Waals surface area contributed by atoms with Crippen molar-refractivity contribution in [3.63, 3.8) is 0 Å². The average Bonchev–Trinajstić information content (AvgIpc) is 3.07. The second-order valence-electron chi connectivity index (χ2n) is 5.59. The summed E-state index contributed by atoms with van der Waals surface area (Å²) in [5.41, 5.74) is 2.06. The minimum absolute atomic E-state index is 0.180. The van der Waals surface area contributed by atoms with Gasteiger partial charge < -0.3 is 5.32 Å². The summed E-state index contributed by atoms with van der Waals surface area (Å²) >= 11 is 1.16. The van der Waals surface area contributed by atoms with E-state index in [2.05, 4.69) is 20.8 Å². The largest absolute Gasteiger partial charge is 0.325 e. The Morgan fingerprint density at radius 2 is 1.88 bits per heavy atom. The number of benzene rings is 2. The van der Waals surface area contributed by atoms with Crippen LogP contribution in [0.2, 0.25) is 0 Å². The molecule has 0 aliphatic carbocycles. The summed E-state index contributed by atoms with van der Waals surface area (Å²) < 4.78 is 27.7. The lowest BCUT2D eigenvalue weighted by molar-refractivity contribution is -0.115. The Hall–Kier alpha value is -2.81. The van der Waals surface area contributed by atoms with Gasteiger partial charge in [-0.1, -0.05) is 29.5 Å². The fourth-order valence-corrected chi connectivity index (χ4v) is 2.94. The van der Waals surface area contributed by atoms with Crippen LogP contribution in [0.1, 0.15) is 12.5 Å². The van der Waals surface area contributed by atoms with Crippen molar-refractivity contribution in [2.75, 3.05) is 5.32 Å². The summed E-state index contributed by atoms with van der Waals surface area (Å²) in [6.45, 7) is 3.65. The van der Waals surface area contributed by atoms with Crippen LogP contribution in [0.25, 0.3) is 5.69 Å². The van der Waals surface area contributed by atoms with E-state index in [1.54, 1.807) is 6.92 Å². The molecule has 3 rings (SSSR count). The van der Waals surface area contributed by atoms with Crippen molar-refractivity contribution in [2.24, 2.45) is 0 Å². The molecule has 0 fully saturated rings. The van der Waals surface area contributed by atoms with E-state index in [0.717, 1.165) is 35.1 Å². The van der Waals surface area contributed by atoms with Gasteiger partial charge in [0.15, 0.2) is 11.6 Å². The van der Waals surface area contributed by atoms with Gasteiger partial charge in [-0.3, -0.25) is 4.79 Å². The highest BCUT2D eigenvalue weighted by Crippen LogP contribution is 2.24. The van der Waals surface area contributed by atoms with E-state index in [4.69, 9.17) is 0 Å². The molecule has 0 unspecified atom stereocenters. The maximum atomic E-state index is 13.2. The molecule has 1 amide bonds. The molecule has 1 atom stereocenters. The van der Waals surface area contributed by atoms with Crippen LogP contribution in [-0.2, 0) is 4.79 Å². The van der Waals surface area contributed by atoms with E-state index in [9.17, 15) is 13.6 Å². The summed E-state index contributed by atoms with van der Waals surface area (Å²) in [6.07, 6.45) is 0. The Bertz CT molecular complexity index is 929. The quantitative estimate of drug-likeness (QED) is 0.692. The number of rotatable bonds is 5. The lowest BCUT2D eigenvalue weighted by Gasteiger charge is -2.12. The number of anilines is 1. The number of hydrogen-bond donors (Lipinski definition) is 1. The van der Waals surface area contributed by atoms with Crippen LogP contribution in [-0.4, -0.2) is 31.4 Å². The first kappa shape index (κ1) is 18.0. The van der Waals surface area contributed by atoms with Crippen molar-refractivity contribution in [2.45, 2.75) is 24.3 Å². The Morgan fingerprint density at radius 3 is 2.58 bits per heavy atom. The number of carbonyl (C=O) groups is 1. The molecule has 2 aromatic carbocycles. The molecule has 134 valence electrons. The number of thioether (sulfide) groups is 1. The van der Waals surface area contributed by atoms with Crippen LogP contribution >= 0.6 is 11.8 Å². The molecule has 6 nitrogen and oxygen atoms in total. The van der Waals surface area contributed by atoms with E-state index < -0.39 is 16.9 Å². The van der Waals surface area contributed by atoms with Crippen molar-refractivity contribution >= 4 is 23.4 Å². The number of tetrazole rings is 1. The summed E-state index contributed by atoms with van der Waals surface area (Å²) in [7, 11) is 0. The Balaban J connectivity index is 1.71. The van der Waals surface area contributed by atoms with Gasteiger partial charge in [-0.25, -0.2) is 8.78 Å². The fourth-order valence-electron chi connectivity index (χ4n) is 2.13. The number of halogens is 2. The topological polar surface area (TPSA) is 72.7 Å². The van der Waals surface area contributed by atoms with Crippen molar-refractivity contribution in [1.29, 1.82) is 0 Å². The van der Waals surface area contributed by atoms with E-state index in [1.807, 2.05) is 31.2 Å². The number of carbonyl (C=O) groups excluding carboxylic acids is 1. The number of nitrogens with one attached hydrogen (secondary N) is 1. The molecular formula is C17H15F2N5OS. The van der Waals surface area contributed by atoms with E-state index in [-0.39, 0.29) is 11.6 Å². The zero-order valence-electron chi connectivity index (χ0n) is 14.0. The summed E-state index contributed by atoms with van der Waals surface area (Å²) in [4.78, 5) is 12.3. The SMILES string of the molecule is Cc1ccc(-n2nnnc2S[C@H](C)C(=O)Nc2ccc(F)c(F)c2)cc1. The molecular weight excluding hydrogens is 360 g/mol. The Labute approximate surface area is 152 Å². The van der Waals surface area contributed by atoms with Gasteiger partial charge in [-0.05, 0) is 48.5 Å². The molecule has 0 spiro atoms. The smallest absolute Gasteiger partial charge is 0.237 e. The molecule has 0 saturated carbocycles. The van der Waals surface area contributed by atoms with Crippen LogP contribution in [0.3, 0.4) is 0 Å². The standard InChI is InChI=1S/C17H15F2N5OS/c1-10-3-6-13(7-4-10)24-17(21-22-23-24)26-11(2)16(25)20-12-5-8-14(18)15(19)9-12/h3-9,11H,1-2H3,(H,20,25)/t11-/m1/s1. The van der Waals surface area contributed by atoms with E-state index in [1.165, 1.54) is 10.7 Å². The molecule has 1 aromatic heterocycles. The van der Waals surface area contributed by atoms with Crippen LogP contribution in [0.4, 0.5) is 14.5 Å². The van der Waals surface area contributed by atoms with Crippen molar-refractivity contribution in [3.05, 3.63) is 59.7 Å². The van der Waals surface area contributed by atoms with Crippen LogP contribution in [0, 0.1) is 18.6 Å². The summed E-state index contributed by atoms with van der Waals surface area (Å²) in [6, 6.07) is 10.8. The summed E-state index contributed by atoms with van der Waals surface area (Å²) in [5.74, 6) is -2.37. The predicted molar refractivity (Wildman–Crippen MR) is 94.2 cm³/mol. The zero-order valence-corrected chi connectivity index (χ0v) is 14.8. The van der Waals surface area contributed by atoms with Gasteiger partial charge in [0.1, 0.15) is 0 Å². The first-order chi connectivity index (χ1) is 12.4. The third-order valence-electron chi connectivity index (χ3n) is 3.56. The normalized spacial score (nSPS) is 12.0. The average molecular weight is 375 g/mol. The number of nitrogens with zero attached hydrogens (tertiary/aromatic N) is 4. The second kappa shape index (κ2) is 7.61. The summed E-state index contributed by atoms with van der Waals surface area (Å²) in [5, 5.41) is 14.0. The predicted octanol–water partition coefficient (Wildman–Crippen LogP) is 3.37. The monoisotopic (exact) mass is 375 g/mol. The molecule has 0 aliphatic heterocycles. The highest BCUT2D eigenvalue weighted by Gasteiger charge is 2.19. The lowest BCUT2D eigenvalue weighted by Crippen LogP contribution is -2.23. The molecule has 26 heavy (non-hydrogen) atoms. The maximum absolute atomic E-state index is 13.2. The molecule has 0 saturated heterocycles. The van der Waals surface area contributed by atoms with Crippen LogP contribution < -0.4 is 5.32 Å². The van der Waals surface area contributed by atoms with Crippen molar-refractivity contribution < 1.29 is 13.6 Å². The number of hydrogen-bond acceptors (Lipinski definition) is 5. The van der Waals surface area contributed by atoms with Gasteiger partial charge in [0, 0.05) is 11.8 Å². The molecule has 1 heterocycles. The van der Waals surface area contributed by atoms with E-state index in [0.29, 0.717) is 5.16 Å². The Morgan fingerprint density at radius 1 is 1.15 bits per heavy atom. The van der Waals surface area contributed by atoms with E-state index >= 15 is 0 Å². The van der Waals surface area contributed by atoms with Crippen LogP contribution in [0.15, 0.2) is 47.6 Å². The van der Waals surface area contributed by atoms with Crippen molar-refractivity contribution in [1.82, 2.24) is 20.2 Å². The lowest BCUT2D eigenvalue weighted by atomic mass is 10.2. The van der Waals surface area contributed by atoms with Gasteiger partial charge in [0.25, 0.3) is 0 Å². The van der Waals surface area contributed by atoms with Gasteiger partial charge in [-0.15, -0.1) is 5.10 Å². The minimum Gasteiger partial charge on any atom is -0.325 e. The molecule has 0 radical (unpaired) electrons. The van der Waals surface area contributed by atoms with Gasteiger partial charge >= 0.3 is 0 Å². The molecule has 1 N–H and O–H groups in total. The minimum atomic E-state index is -1.02. The first-order valence-corrected chi connectivity index (χ1v) is 8.60. The third-order valence-corrected chi connectivity index (χ3v) is 4.59. The second-order valence-corrected chi connectivity index (χ2v) is 6.89. The van der Waals surface area contributed by atoms with Gasteiger partial charge in [0.2, 0.25) is 11.1 Å². The highest BCUT2D eigenvalue weighted by atomic mass is 32.2. The zero-order chi connectivity index (χ0) is 18.7. The molecule has 0 aliphatic rings. The first-order valence-electron chi connectivity index (χ1n) is 7.72. The fraction of sp³-hybridized carbons (Fsp3) is 0.176. The highest BCUT2D eigenvalue weighted by molar-refractivity contribution is 8.00. The molecule has 0 bridgehead atoms. The maximum Gasteiger partial charge on any atom is 0.237 e. The molecule has 3 aromatic rings.